The van der Waals surface area contributed by atoms with E-state index in [1.165, 1.54) is 15.0 Å². The number of carbonyl (C=O) groups excluding carboxylic acids is 1. The lowest BCUT2D eigenvalue weighted by atomic mass is 9.96. The summed E-state index contributed by atoms with van der Waals surface area (Å²) in [5, 5.41) is 2.70. The van der Waals surface area contributed by atoms with E-state index in [0.29, 0.717) is 19.5 Å². The van der Waals surface area contributed by atoms with Gasteiger partial charge in [0.15, 0.2) is 0 Å². The van der Waals surface area contributed by atoms with Gasteiger partial charge in [0.25, 0.3) is 10.2 Å². The molecule has 7 heteroatoms. The van der Waals surface area contributed by atoms with Crippen LogP contribution < -0.4 is 5.32 Å². The van der Waals surface area contributed by atoms with Crippen LogP contribution in [0.3, 0.4) is 0 Å². The molecule has 1 amide bonds. The zero-order valence-corrected chi connectivity index (χ0v) is 12.3. The maximum atomic E-state index is 12.6. The molecule has 1 aliphatic carbocycles. The molecule has 1 saturated carbocycles. The summed E-state index contributed by atoms with van der Waals surface area (Å²) in [7, 11) is -1.87. The largest absolute Gasteiger partial charge is 0.355 e. The molecule has 1 aliphatic heterocycles. The number of nitrogens with zero attached hydrogens (tertiary/aromatic N) is 2. The van der Waals surface area contributed by atoms with Crippen LogP contribution in [0.2, 0.25) is 0 Å². The third-order valence-electron chi connectivity index (χ3n) is 4.01. The summed E-state index contributed by atoms with van der Waals surface area (Å²) in [4.78, 5) is 11.5. The molecule has 0 unspecified atom stereocenters. The molecule has 1 heterocycles. The minimum Gasteiger partial charge on any atom is -0.355 e. The third kappa shape index (κ3) is 3.46. The van der Waals surface area contributed by atoms with Gasteiger partial charge in [0.2, 0.25) is 5.91 Å². The van der Waals surface area contributed by atoms with Gasteiger partial charge in [-0.1, -0.05) is 19.3 Å². The number of amides is 1. The Balaban J connectivity index is 2.08. The molecular formula is C12H23N3O3S. The molecule has 2 fully saturated rings. The number of nitrogens with one attached hydrogen (secondary N) is 1. The molecule has 0 radical (unpaired) electrons. The van der Waals surface area contributed by atoms with Crippen molar-refractivity contribution in [3.8, 4) is 0 Å². The fraction of sp³-hybridized carbons (Fsp3) is 0.917. The molecule has 2 aliphatic rings. The normalized spacial score (nSPS) is 24.2. The van der Waals surface area contributed by atoms with E-state index in [-0.39, 0.29) is 18.5 Å². The molecule has 0 aromatic rings. The molecule has 0 atom stereocenters. The van der Waals surface area contributed by atoms with Crippen molar-refractivity contribution < 1.29 is 13.2 Å². The second-order valence-corrected chi connectivity index (χ2v) is 7.34. The summed E-state index contributed by atoms with van der Waals surface area (Å²) < 4.78 is 27.9. The molecule has 0 aromatic carbocycles. The van der Waals surface area contributed by atoms with Gasteiger partial charge in [-0.3, -0.25) is 4.79 Å². The van der Waals surface area contributed by atoms with Gasteiger partial charge in [0.05, 0.1) is 6.54 Å². The van der Waals surface area contributed by atoms with Gasteiger partial charge in [-0.05, 0) is 19.3 Å². The molecule has 2 rings (SSSR count). The molecular weight excluding hydrogens is 266 g/mol. The highest BCUT2D eigenvalue weighted by Gasteiger charge is 2.34. The van der Waals surface area contributed by atoms with Gasteiger partial charge >= 0.3 is 0 Å². The summed E-state index contributed by atoms with van der Waals surface area (Å²) in [6.45, 7) is 0.912. The van der Waals surface area contributed by atoms with E-state index in [0.717, 1.165) is 25.7 Å². The minimum atomic E-state index is -3.51. The molecule has 19 heavy (non-hydrogen) atoms. The molecule has 1 saturated heterocycles. The lowest BCUT2D eigenvalue weighted by molar-refractivity contribution is -0.120. The Morgan fingerprint density at radius 3 is 2.58 bits per heavy atom. The minimum absolute atomic E-state index is 0.0562. The quantitative estimate of drug-likeness (QED) is 0.813. The average Bonchev–Trinajstić information content (AvgIpc) is 2.64. The monoisotopic (exact) mass is 289 g/mol. The van der Waals surface area contributed by atoms with E-state index in [1.807, 2.05) is 0 Å². The van der Waals surface area contributed by atoms with Crippen molar-refractivity contribution in [1.82, 2.24) is 13.9 Å². The van der Waals surface area contributed by atoms with Crippen LogP contribution in [-0.4, -0.2) is 55.7 Å². The number of rotatable bonds is 3. The van der Waals surface area contributed by atoms with Crippen LogP contribution in [0.15, 0.2) is 0 Å². The Hall–Kier alpha value is -0.660. The highest BCUT2D eigenvalue weighted by Crippen LogP contribution is 2.24. The van der Waals surface area contributed by atoms with Gasteiger partial charge < -0.3 is 5.32 Å². The lowest BCUT2D eigenvalue weighted by Gasteiger charge is -2.33. The van der Waals surface area contributed by atoms with E-state index in [9.17, 15) is 13.2 Å². The van der Waals surface area contributed by atoms with E-state index in [2.05, 4.69) is 5.32 Å². The van der Waals surface area contributed by atoms with Crippen molar-refractivity contribution in [2.75, 3.05) is 26.7 Å². The summed E-state index contributed by atoms with van der Waals surface area (Å²) in [5.74, 6) is -0.210. The zero-order chi connectivity index (χ0) is 13.9. The van der Waals surface area contributed by atoms with Crippen molar-refractivity contribution in [3.05, 3.63) is 0 Å². The van der Waals surface area contributed by atoms with Gasteiger partial charge in [-0.2, -0.15) is 17.0 Å². The average molecular weight is 289 g/mol. The predicted molar refractivity (Wildman–Crippen MR) is 72.8 cm³/mol. The van der Waals surface area contributed by atoms with Gasteiger partial charge in [0.1, 0.15) is 0 Å². The predicted octanol–water partition coefficient (Wildman–Crippen LogP) is 0.318. The Kier molecular flexibility index (Phi) is 4.81. The molecule has 0 aromatic heterocycles. The smallest absolute Gasteiger partial charge is 0.282 e. The standard InChI is InChI=1S/C12H23N3O3S/c1-14(11-6-3-2-4-7-11)19(17,18)15-9-5-8-13-12(16)10-15/h11H,2-10H2,1H3,(H,13,16). The Labute approximate surface area is 115 Å². The van der Waals surface area contributed by atoms with Crippen molar-refractivity contribution in [3.63, 3.8) is 0 Å². The fourth-order valence-electron chi connectivity index (χ4n) is 2.79. The summed E-state index contributed by atoms with van der Waals surface area (Å²) in [5.41, 5.74) is 0. The topological polar surface area (TPSA) is 69.7 Å². The van der Waals surface area contributed by atoms with E-state index >= 15 is 0 Å². The second kappa shape index (κ2) is 6.19. The summed E-state index contributed by atoms with van der Waals surface area (Å²) in [6.07, 6.45) is 5.89. The van der Waals surface area contributed by atoms with E-state index < -0.39 is 10.2 Å². The number of carbonyl (C=O) groups is 1. The van der Waals surface area contributed by atoms with E-state index in [1.54, 1.807) is 7.05 Å². The second-order valence-electron chi connectivity index (χ2n) is 5.35. The van der Waals surface area contributed by atoms with Gasteiger partial charge in [-0.25, -0.2) is 0 Å². The SMILES string of the molecule is CN(C1CCCCC1)S(=O)(=O)N1CCCNC(=O)C1. The maximum Gasteiger partial charge on any atom is 0.282 e. The molecule has 6 nitrogen and oxygen atoms in total. The fourth-order valence-corrected chi connectivity index (χ4v) is 4.38. The van der Waals surface area contributed by atoms with Crippen molar-refractivity contribution >= 4 is 16.1 Å². The first-order valence-corrected chi connectivity index (χ1v) is 8.41. The first kappa shape index (κ1) is 14.7. The molecule has 0 bridgehead atoms. The summed E-state index contributed by atoms with van der Waals surface area (Å²) in [6, 6.07) is 0.0880. The first-order chi connectivity index (χ1) is 9.01. The van der Waals surface area contributed by atoms with Crippen LogP contribution in [0.5, 0.6) is 0 Å². The third-order valence-corrected chi connectivity index (χ3v) is 6.00. The lowest BCUT2D eigenvalue weighted by Crippen LogP contribution is -2.48. The van der Waals surface area contributed by atoms with Crippen molar-refractivity contribution in [2.24, 2.45) is 0 Å². The summed E-state index contributed by atoms with van der Waals surface area (Å²) >= 11 is 0. The van der Waals surface area contributed by atoms with Gasteiger partial charge in [0, 0.05) is 26.2 Å². The van der Waals surface area contributed by atoms with Crippen LogP contribution in [-0.2, 0) is 15.0 Å². The van der Waals surface area contributed by atoms with Crippen LogP contribution in [0.4, 0.5) is 0 Å². The molecule has 110 valence electrons. The van der Waals surface area contributed by atoms with Crippen LogP contribution in [0.1, 0.15) is 38.5 Å². The Bertz CT molecular complexity index is 418. The Morgan fingerprint density at radius 2 is 1.89 bits per heavy atom. The van der Waals surface area contributed by atoms with Crippen LogP contribution in [0.25, 0.3) is 0 Å². The highest BCUT2D eigenvalue weighted by atomic mass is 32.2. The van der Waals surface area contributed by atoms with E-state index in [4.69, 9.17) is 0 Å². The van der Waals surface area contributed by atoms with Crippen LogP contribution >= 0.6 is 0 Å². The maximum absolute atomic E-state index is 12.6. The van der Waals surface area contributed by atoms with Crippen LogP contribution in [0, 0.1) is 0 Å². The first-order valence-electron chi connectivity index (χ1n) is 7.01. The molecule has 1 N–H and O–H groups in total. The van der Waals surface area contributed by atoms with Crippen molar-refractivity contribution in [1.29, 1.82) is 0 Å². The zero-order valence-electron chi connectivity index (χ0n) is 11.5. The molecule has 0 spiro atoms. The highest BCUT2D eigenvalue weighted by molar-refractivity contribution is 7.86. The Morgan fingerprint density at radius 1 is 1.21 bits per heavy atom. The van der Waals surface area contributed by atoms with Gasteiger partial charge in [-0.15, -0.1) is 0 Å². The number of hydrogen-bond donors (Lipinski definition) is 1. The van der Waals surface area contributed by atoms with Crippen molar-refractivity contribution in [2.45, 2.75) is 44.6 Å². The number of hydrogen-bond acceptors (Lipinski definition) is 3.